The number of hydrogen-bond acceptors (Lipinski definition) is 4. The summed E-state index contributed by atoms with van der Waals surface area (Å²) in [4.78, 5) is 12.8. The number of carbonyl (C=O) groups is 1. The number of nitrogens with zero attached hydrogens (tertiary/aromatic N) is 1. The van der Waals surface area contributed by atoms with Crippen LogP contribution in [0.4, 0.5) is 0 Å². The highest BCUT2D eigenvalue weighted by atomic mass is 16.3. The van der Waals surface area contributed by atoms with Gasteiger partial charge in [0.05, 0.1) is 12.6 Å². The van der Waals surface area contributed by atoms with Crippen molar-refractivity contribution in [1.82, 2.24) is 4.90 Å². The largest absolute Gasteiger partial charge is 0.394 e. The van der Waals surface area contributed by atoms with Gasteiger partial charge in [-0.2, -0.15) is 0 Å². The monoisotopic (exact) mass is 173 g/mol. The molecule has 0 unspecified atom stereocenters. The zero-order valence-corrected chi connectivity index (χ0v) is 6.94. The fraction of sp³-hybridized carbons (Fsp3) is 0.857. The maximum absolute atomic E-state index is 11.3. The SMILES string of the molecule is NC(N)C(=O)N1CCC[C@H]1CO. The summed E-state index contributed by atoms with van der Waals surface area (Å²) in [5.74, 6) is -0.272. The number of rotatable bonds is 2. The van der Waals surface area contributed by atoms with Gasteiger partial charge < -0.3 is 21.5 Å². The molecule has 1 atom stereocenters. The van der Waals surface area contributed by atoms with Gasteiger partial charge in [0.25, 0.3) is 5.91 Å². The minimum atomic E-state index is -0.947. The summed E-state index contributed by atoms with van der Waals surface area (Å²) in [6.07, 6.45) is 0.815. The number of aliphatic hydroxyl groups excluding tert-OH is 1. The molecular formula is C7H15N3O2. The van der Waals surface area contributed by atoms with Gasteiger partial charge in [-0.25, -0.2) is 0 Å². The van der Waals surface area contributed by atoms with Crippen molar-refractivity contribution in [2.75, 3.05) is 13.2 Å². The molecule has 0 aromatic heterocycles. The first kappa shape index (κ1) is 9.44. The van der Waals surface area contributed by atoms with Crippen molar-refractivity contribution < 1.29 is 9.90 Å². The zero-order valence-electron chi connectivity index (χ0n) is 6.94. The van der Waals surface area contributed by atoms with Crippen molar-refractivity contribution in [2.45, 2.75) is 25.0 Å². The number of hydrogen-bond donors (Lipinski definition) is 3. The molecule has 0 bridgehead atoms. The Hall–Kier alpha value is -0.650. The van der Waals surface area contributed by atoms with Crippen LogP contribution in [0.25, 0.3) is 0 Å². The van der Waals surface area contributed by atoms with E-state index in [4.69, 9.17) is 16.6 Å². The smallest absolute Gasteiger partial charge is 0.254 e. The van der Waals surface area contributed by atoms with E-state index >= 15 is 0 Å². The van der Waals surface area contributed by atoms with Crippen LogP contribution < -0.4 is 11.5 Å². The summed E-state index contributed by atoms with van der Waals surface area (Å²) >= 11 is 0. The van der Waals surface area contributed by atoms with Gasteiger partial charge in [0, 0.05) is 6.54 Å². The van der Waals surface area contributed by atoms with E-state index in [0.29, 0.717) is 6.54 Å². The van der Waals surface area contributed by atoms with E-state index in [0.717, 1.165) is 12.8 Å². The van der Waals surface area contributed by atoms with Gasteiger partial charge in [-0.05, 0) is 12.8 Å². The van der Waals surface area contributed by atoms with E-state index < -0.39 is 6.17 Å². The highest BCUT2D eigenvalue weighted by molar-refractivity contribution is 5.81. The molecule has 0 aromatic carbocycles. The third-order valence-electron chi connectivity index (χ3n) is 2.16. The average Bonchev–Trinajstić information content (AvgIpc) is 2.49. The standard InChI is InChI=1S/C7H15N3O2/c8-6(9)7(12)10-3-1-2-5(10)4-11/h5-6,11H,1-4,8-9H2/t5-/m0/s1. The molecule has 0 saturated carbocycles. The molecule has 5 heteroatoms. The van der Waals surface area contributed by atoms with Crippen LogP contribution in [0.2, 0.25) is 0 Å². The van der Waals surface area contributed by atoms with Crippen LogP contribution in [-0.2, 0) is 4.79 Å². The van der Waals surface area contributed by atoms with Crippen molar-refractivity contribution in [3.05, 3.63) is 0 Å². The van der Waals surface area contributed by atoms with Crippen LogP contribution in [0, 0.1) is 0 Å². The third-order valence-corrected chi connectivity index (χ3v) is 2.16. The van der Waals surface area contributed by atoms with Crippen LogP contribution in [0.3, 0.4) is 0 Å². The molecule has 5 N–H and O–H groups in total. The maximum atomic E-state index is 11.3. The van der Waals surface area contributed by atoms with Gasteiger partial charge in [-0.1, -0.05) is 0 Å². The molecule has 70 valence electrons. The summed E-state index contributed by atoms with van der Waals surface area (Å²) in [5, 5.41) is 8.89. The third kappa shape index (κ3) is 1.74. The van der Waals surface area contributed by atoms with Crippen LogP contribution in [0.5, 0.6) is 0 Å². The molecule has 1 rings (SSSR count). The summed E-state index contributed by atoms with van der Waals surface area (Å²) in [6.45, 7) is 0.660. The molecule has 0 spiro atoms. The van der Waals surface area contributed by atoms with Crippen molar-refractivity contribution in [3.8, 4) is 0 Å². The van der Waals surface area contributed by atoms with Crippen LogP contribution in [0.1, 0.15) is 12.8 Å². The molecule has 0 aromatic rings. The predicted octanol–water partition coefficient (Wildman–Crippen LogP) is -1.79. The Kier molecular flexibility index (Phi) is 3.02. The molecular weight excluding hydrogens is 158 g/mol. The zero-order chi connectivity index (χ0) is 9.14. The van der Waals surface area contributed by atoms with Crippen molar-refractivity contribution in [2.24, 2.45) is 11.5 Å². The number of aliphatic hydroxyl groups is 1. The van der Waals surface area contributed by atoms with Gasteiger partial charge >= 0.3 is 0 Å². The van der Waals surface area contributed by atoms with E-state index in [1.807, 2.05) is 0 Å². The second-order valence-corrected chi connectivity index (χ2v) is 3.04. The summed E-state index contributed by atoms with van der Waals surface area (Å²) < 4.78 is 0. The summed E-state index contributed by atoms with van der Waals surface area (Å²) in [5.41, 5.74) is 10.5. The lowest BCUT2D eigenvalue weighted by atomic mass is 10.2. The van der Waals surface area contributed by atoms with Crippen molar-refractivity contribution in [1.29, 1.82) is 0 Å². The van der Waals surface area contributed by atoms with Crippen LogP contribution >= 0.6 is 0 Å². The molecule has 12 heavy (non-hydrogen) atoms. The molecule has 5 nitrogen and oxygen atoms in total. The summed E-state index contributed by atoms with van der Waals surface area (Å²) in [6, 6.07) is -0.0768. The van der Waals surface area contributed by atoms with E-state index in [1.165, 1.54) is 0 Å². The predicted molar refractivity (Wildman–Crippen MR) is 44.0 cm³/mol. The van der Waals surface area contributed by atoms with Crippen LogP contribution in [-0.4, -0.2) is 41.3 Å². The lowest BCUT2D eigenvalue weighted by Crippen LogP contribution is -2.51. The molecule has 1 saturated heterocycles. The normalized spacial score (nSPS) is 23.7. The molecule has 0 radical (unpaired) electrons. The minimum Gasteiger partial charge on any atom is -0.394 e. The fourth-order valence-electron chi connectivity index (χ4n) is 1.51. The maximum Gasteiger partial charge on any atom is 0.254 e. The van der Waals surface area contributed by atoms with E-state index in [1.54, 1.807) is 4.90 Å². The Balaban J connectivity index is 2.55. The molecule has 1 aliphatic rings. The molecule has 1 heterocycles. The van der Waals surface area contributed by atoms with E-state index in [-0.39, 0.29) is 18.6 Å². The number of carbonyl (C=O) groups excluding carboxylic acids is 1. The first-order valence-electron chi connectivity index (χ1n) is 4.09. The van der Waals surface area contributed by atoms with Gasteiger partial charge in [0.2, 0.25) is 0 Å². The quantitative estimate of drug-likeness (QED) is 0.430. The Morgan fingerprint density at radius 2 is 2.33 bits per heavy atom. The van der Waals surface area contributed by atoms with Gasteiger partial charge in [0.15, 0.2) is 0 Å². The number of amides is 1. The topological polar surface area (TPSA) is 92.6 Å². The Morgan fingerprint density at radius 1 is 1.67 bits per heavy atom. The van der Waals surface area contributed by atoms with Gasteiger partial charge in [0.1, 0.15) is 6.17 Å². The first-order chi connectivity index (χ1) is 5.66. The lowest BCUT2D eigenvalue weighted by molar-refractivity contribution is -0.134. The molecule has 1 fully saturated rings. The van der Waals surface area contributed by atoms with Gasteiger partial charge in [-0.15, -0.1) is 0 Å². The molecule has 1 aliphatic heterocycles. The highest BCUT2D eigenvalue weighted by Gasteiger charge is 2.29. The van der Waals surface area contributed by atoms with Crippen molar-refractivity contribution in [3.63, 3.8) is 0 Å². The highest BCUT2D eigenvalue weighted by Crippen LogP contribution is 2.16. The second kappa shape index (κ2) is 3.84. The Morgan fingerprint density at radius 3 is 2.83 bits per heavy atom. The number of nitrogens with two attached hydrogens (primary N) is 2. The average molecular weight is 173 g/mol. The first-order valence-corrected chi connectivity index (χ1v) is 4.09. The van der Waals surface area contributed by atoms with Gasteiger partial charge in [-0.3, -0.25) is 4.79 Å². The minimum absolute atomic E-state index is 0.00153. The van der Waals surface area contributed by atoms with E-state index in [9.17, 15) is 4.79 Å². The number of likely N-dealkylation sites (tertiary alicyclic amines) is 1. The Labute approximate surface area is 71.3 Å². The lowest BCUT2D eigenvalue weighted by Gasteiger charge is -2.24. The summed E-state index contributed by atoms with van der Waals surface area (Å²) in [7, 11) is 0. The van der Waals surface area contributed by atoms with Crippen molar-refractivity contribution >= 4 is 5.91 Å². The molecule has 0 aliphatic carbocycles. The second-order valence-electron chi connectivity index (χ2n) is 3.04. The van der Waals surface area contributed by atoms with Crippen LogP contribution in [0.15, 0.2) is 0 Å². The fourth-order valence-corrected chi connectivity index (χ4v) is 1.51. The van der Waals surface area contributed by atoms with E-state index in [2.05, 4.69) is 0 Å². The molecule has 1 amide bonds. The Bertz CT molecular complexity index is 172.